The first-order chi connectivity index (χ1) is 15.2. The minimum Gasteiger partial charge on any atom is -0.460 e. The summed E-state index contributed by atoms with van der Waals surface area (Å²) in [7, 11) is 0. The van der Waals surface area contributed by atoms with Crippen molar-refractivity contribution in [3.8, 4) is 0 Å². The molecule has 6 heteroatoms. The van der Waals surface area contributed by atoms with Gasteiger partial charge in [0.25, 0.3) is 0 Å². The number of hydrogen-bond donors (Lipinski definition) is 0. The van der Waals surface area contributed by atoms with Gasteiger partial charge in [-0.25, -0.2) is 4.79 Å². The number of carbonyl (C=O) groups is 2. The highest BCUT2D eigenvalue weighted by molar-refractivity contribution is 5.76. The molecule has 0 bridgehead atoms. The van der Waals surface area contributed by atoms with Crippen molar-refractivity contribution in [3.63, 3.8) is 0 Å². The summed E-state index contributed by atoms with van der Waals surface area (Å²) in [5.74, 6) is 0.289. The molecule has 2 atom stereocenters. The lowest BCUT2D eigenvalue weighted by Crippen LogP contribution is -2.46. The van der Waals surface area contributed by atoms with E-state index in [9.17, 15) is 9.59 Å². The Morgan fingerprint density at radius 3 is 2.44 bits per heavy atom. The van der Waals surface area contributed by atoms with E-state index in [0.717, 1.165) is 57.4 Å². The summed E-state index contributed by atoms with van der Waals surface area (Å²) in [6.45, 7) is 9.24. The van der Waals surface area contributed by atoms with Crippen molar-refractivity contribution in [1.82, 2.24) is 9.80 Å². The van der Waals surface area contributed by atoms with Gasteiger partial charge in [0.2, 0.25) is 0 Å². The molecule has 1 amide bonds. The van der Waals surface area contributed by atoms with Crippen LogP contribution in [0.5, 0.6) is 0 Å². The Morgan fingerprint density at radius 2 is 1.75 bits per heavy atom. The van der Waals surface area contributed by atoms with Crippen LogP contribution in [-0.4, -0.2) is 59.7 Å². The molecule has 176 valence electrons. The molecule has 3 fully saturated rings. The van der Waals surface area contributed by atoms with Crippen molar-refractivity contribution < 1.29 is 19.1 Å². The van der Waals surface area contributed by atoms with Crippen LogP contribution in [0.3, 0.4) is 0 Å². The summed E-state index contributed by atoms with van der Waals surface area (Å²) >= 11 is 0. The van der Waals surface area contributed by atoms with E-state index in [-0.39, 0.29) is 23.5 Å². The summed E-state index contributed by atoms with van der Waals surface area (Å²) in [5, 5.41) is 0. The minimum atomic E-state index is -0.482. The summed E-state index contributed by atoms with van der Waals surface area (Å²) < 4.78 is 11.4. The van der Waals surface area contributed by atoms with Crippen molar-refractivity contribution in [1.29, 1.82) is 0 Å². The number of esters is 1. The van der Waals surface area contributed by atoms with Crippen LogP contribution in [0.25, 0.3) is 0 Å². The Morgan fingerprint density at radius 1 is 1.06 bits per heavy atom. The topological polar surface area (TPSA) is 59.1 Å². The first-order valence-electron chi connectivity index (χ1n) is 12.2. The van der Waals surface area contributed by atoms with Crippen LogP contribution in [0.2, 0.25) is 0 Å². The van der Waals surface area contributed by atoms with Gasteiger partial charge in [-0.3, -0.25) is 9.69 Å². The average molecular weight is 443 g/mol. The van der Waals surface area contributed by atoms with E-state index >= 15 is 0 Å². The van der Waals surface area contributed by atoms with Gasteiger partial charge < -0.3 is 14.4 Å². The fraction of sp³-hybridized carbons (Fsp3) is 0.692. The summed E-state index contributed by atoms with van der Waals surface area (Å²) in [6.07, 6.45) is 6.34. The third-order valence-corrected chi connectivity index (χ3v) is 7.26. The van der Waals surface area contributed by atoms with Gasteiger partial charge in [0.15, 0.2) is 0 Å². The lowest BCUT2D eigenvalue weighted by molar-refractivity contribution is -0.153. The first kappa shape index (κ1) is 23.1. The van der Waals surface area contributed by atoms with Crippen LogP contribution in [-0.2, 0) is 20.9 Å². The number of rotatable bonds is 5. The minimum absolute atomic E-state index is 0.0630. The number of amides is 1. The maximum absolute atomic E-state index is 13.3. The first-order valence-corrected chi connectivity index (χ1v) is 12.2. The van der Waals surface area contributed by atoms with Crippen LogP contribution in [0.4, 0.5) is 4.79 Å². The van der Waals surface area contributed by atoms with E-state index in [1.807, 2.05) is 56.0 Å². The predicted molar refractivity (Wildman–Crippen MR) is 123 cm³/mol. The van der Waals surface area contributed by atoms with Gasteiger partial charge >= 0.3 is 12.1 Å². The molecule has 0 N–H and O–H groups in total. The van der Waals surface area contributed by atoms with Crippen molar-refractivity contribution in [2.75, 3.05) is 26.2 Å². The van der Waals surface area contributed by atoms with Gasteiger partial charge in [-0.05, 0) is 64.5 Å². The fourth-order valence-corrected chi connectivity index (χ4v) is 5.68. The Hall–Kier alpha value is -2.08. The Kier molecular flexibility index (Phi) is 6.80. The number of nitrogens with zero attached hydrogens (tertiary/aromatic N) is 2. The zero-order chi connectivity index (χ0) is 22.8. The van der Waals surface area contributed by atoms with E-state index in [4.69, 9.17) is 9.47 Å². The molecular weight excluding hydrogens is 404 g/mol. The van der Waals surface area contributed by atoms with E-state index < -0.39 is 5.60 Å². The van der Waals surface area contributed by atoms with Gasteiger partial charge in [0.1, 0.15) is 18.2 Å². The molecule has 0 radical (unpaired) electrons. The lowest BCUT2D eigenvalue weighted by atomic mass is 9.86. The number of carbonyl (C=O) groups excluding carboxylic acids is 2. The molecule has 1 aromatic rings. The second kappa shape index (κ2) is 9.42. The molecular formula is C26H38N2O4. The van der Waals surface area contributed by atoms with Crippen LogP contribution < -0.4 is 0 Å². The third-order valence-electron chi connectivity index (χ3n) is 7.26. The maximum atomic E-state index is 13.3. The zero-order valence-electron chi connectivity index (χ0n) is 19.8. The number of hydrogen-bond acceptors (Lipinski definition) is 5. The molecule has 6 nitrogen and oxygen atoms in total. The monoisotopic (exact) mass is 442 g/mol. The number of likely N-dealkylation sites (tertiary alicyclic amines) is 2. The molecule has 1 aliphatic carbocycles. The Bertz CT molecular complexity index is 800. The van der Waals surface area contributed by atoms with E-state index in [1.165, 1.54) is 12.8 Å². The molecule has 2 saturated heterocycles. The van der Waals surface area contributed by atoms with Crippen molar-refractivity contribution in [2.45, 2.75) is 77.5 Å². The second-order valence-electron chi connectivity index (χ2n) is 11.0. The Labute approximate surface area is 192 Å². The van der Waals surface area contributed by atoms with Gasteiger partial charge in [0.05, 0.1) is 0 Å². The van der Waals surface area contributed by atoms with Gasteiger partial charge in [-0.2, -0.15) is 0 Å². The van der Waals surface area contributed by atoms with Crippen LogP contribution in [0.1, 0.15) is 64.9 Å². The molecule has 2 aliphatic heterocycles. The number of ether oxygens (including phenoxy) is 2. The van der Waals surface area contributed by atoms with Gasteiger partial charge in [-0.1, -0.05) is 43.2 Å². The standard InChI is InChI=1S/C26H38N2O4/c1-25(2,3)32-24(30)28-16-14-26(19-28)13-15-27(18-26)22(21-11-7-8-12-21)23(29)31-17-20-9-5-4-6-10-20/h4-6,9-10,21-22H,7-8,11-19H2,1-3H3. The third kappa shape index (κ3) is 5.45. The highest BCUT2D eigenvalue weighted by Crippen LogP contribution is 2.43. The van der Waals surface area contributed by atoms with Crippen LogP contribution in [0.15, 0.2) is 30.3 Å². The van der Waals surface area contributed by atoms with E-state index in [1.54, 1.807) is 0 Å². The average Bonchev–Trinajstić information content (AvgIpc) is 3.49. The highest BCUT2D eigenvalue weighted by Gasteiger charge is 2.49. The van der Waals surface area contributed by atoms with Crippen molar-refractivity contribution in [2.24, 2.45) is 11.3 Å². The van der Waals surface area contributed by atoms with Crippen molar-refractivity contribution in [3.05, 3.63) is 35.9 Å². The van der Waals surface area contributed by atoms with Crippen LogP contribution >= 0.6 is 0 Å². The molecule has 2 heterocycles. The van der Waals surface area contributed by atoms with Crippen LogP contribution in [0, 0.1) is 11.3 Å². The normalized spacial score (nSPS) is 25.4. The molecule has 32 heavy (non-hydrogen) atoms. The highest BCUT2D eigenvalue weighted by atomic mass is 16.6. The molecule has 1 spiro atoms. The SMILES string of the molecule is CC(C)(C)OC(=O)N1CCC2(CCN(C(C(=O)OCc3ccccc3)C3CCCC3)C2)C1. The molecule has 0 aromatic heterocycles. The number of benzene rings is 1. The molecule has 2 unspecified atom stereocenters. The summed E-state index contributed by atoms with van der Waals surface area (Å²) in [5.41, 5.74) is 0.602. The lowest BCUT2D eigenvalue weighted by Gasteiger charge is -2.32. The largest absolute Gasteiger partial charge is 0.460 e. The zero-order valence-corrected chi connectivity index (χ0v) is 19.8. The molecule has 1 aromatic carbocycles. The summed E-state index contributed by atoms with van der Waals surface area (Å²) in [4.78, 5) is 30.1. The van der Waals surface area contributed by atoms with Gasteiger partial charge in [-0.15, -0.1) is 0 Å². The van der Waals surface area contributed by atoms with E-state index in [2.05, 4.69) is 4.90 Å². The summed E-state index contributed by atoms with van der Waals surface area (Å²) in [6, 6.07) is 9.73. The quantitative estimate of drug-likeness (QED) is 0.623. The van der Waals surface area contributed by atoms with E-state index in [0.29, 0.717) is 12.5 Å². The smallest absolute Gasteiger partial charge is 0.410 e. The predicted octanol–water partition coefficient (Wildman–Crippen LogP) is 4.62. The molecule has 1 saturated carbocycles. The molecule has 3 aliphatic rings. The van der Waals surface area contributed by atoms with Gasteiger partial charge in [0, 0.05) is 25.0 Å². The fourth-order valence-electron chi connectivity index (χ4n) is 5.68. The Balaban J connectivity index is 1.40. The van der Waals surface area contributed by atoms with Crippen molar-refractivity contribution >= 4 is 12.1 Å². The maximum Gasteiger partial charge on any atom is 0.410 e. The second-order valence-corrected chi connectivity index (χ2v) is 11.0. The molecule has 4 rings (SSSR count).